The summed E-state index contributed by atoms with van der Waals surface area (Å²) in [6.07, 6.45) is 0. The van der Waals surface area contributed by atoms with E-state index in [4.69, 9.17) is 21.1 Å². The van der Waals surface area contributed by atoms with Crippen molar-refractivity contribution in [2.75, 3.05) is 24.9 Å². The van der Waals surface area contributed by atoms with Gasteiger partial charge < -0.3 is 20.1 Å². The van der Waals surface area contributed by atoms with E-state index in [0.717, 1.165) is 0 Å². The third kappa shape index (κ3) is 4.03. The Morgan fingerprint density at radius 3 is 2.33 bits per heavy atom. The molecular weight excluding hydrogens is 292 g/mol. The van der Waals surface area contributed by atoms with Crippen LogP contribution in [-0.4, -0.2) is 20.3 Å². The zero-order chi connectivity index (χ0) is 15.2. The predicted octanol–water partition coefficient (Wildman–Crippen LogP) is 4.00. The molecule has 0 radical (unpaired) electrons. The fraction of sp³-hybridized carbons (Fsp3) is 0.133. The molecule has 0 heterocycles. The summed E-state index contributed by atoms with van der Waals surface area (Å²) >= 11 is 6.00. The van der Waals surface area contributed by atoms with Crippen LogP contribution in [0.25, 0.3) is 0 Å². The summed E-state index contributed by atoms with van der Waals surface area (Å²) in [5, 5.41) is 5.83. The molecule has 0 atom stereocenters. The van der Waals surface area contributed by atoms with Crippen molar-refractivity contribution in [2.45, 2.75) is 0 Å². The van der Waals surface area contributed by atoms with Crippen LogP contribution in [0.4, 0.5) is 16.2 Å². The zero-order valence-corrected chi connectivity index (χ0v) is 12.4. The Hall–Kier alpha value is -2.40. The number of carbonyl (C=O) groups is 1. The van der Waals surface area contributed by atoms with E-state index in [0.29, 0.717) is 27.9 Å². The second-order valence-electron chi connectivity index (χ2n) is 4.16. The number of amides is 2. The van der Waals surface area contributed by atoms with Gasteiger partial charge in [-0.2, -0.15) is 0 Å². The second kappa shape index (κ2) is 6.85. The number of benzene rings is 2. The Bertz CT molecular complexity index is 647. The van der Waals surface area contributed by atoms with E-state index in [-0.39, 0.29) is 6.03 Å². The number of carbonyl (C=O) groups excluding carboxylic acids is 1. The molecule has 0 saturated carbocycles. The molecule has 0 aliphatic carbocycles. The summed E-state index contributed by atoms with van der Waals surface area (Å²) in [7, 11) is 3.10. The van der Waals surface area contributed by atoms with Crippen molar-refractivity contribution in [3.05, 3.63) is 47.5 Å². The maximum absolute atomic E-state index is 11.9. The first-order chi connectivity index (χ1) is 10.1. The average molecular weight is 307 g/mol. The first-order valence-corrected chi connectivity index (χ1v) is 6.56. The molecule has 0 aromatic heterocycles. The normalized spacial score (nSPS) is 9.86. The van der Waals surface area contributed by atoms with Gasteiger partial charge in [0, 0.05) is 17.4 Å². The smallest absolute Gasteiger partial charge is 0.323 e. The van der Waals surface area contributed by atoms with Crippen LogP contribution >= 0.6 is 11.6 Å². The number of hydrogen-bond donors (Lipinski definition) is 2. The molecule has 0 fully saturated rings. The van der Waals surface area contributed by atoms with E-state index < -0.39 is 0 Å². The lowest BCUT2D eigenvalue weighted by Crippen LogP contribution is -2.19. The minimum absolute atomic E-state index is 0.371. The van der Waals surface area contributed by atoms with Crippen LogP contribution < -0.4 is 20.1 Å². The van der Waals surface area contributed by atoms with Gasteiger partial charge in [0.15, 0.2) is 0 Å². The lowest BCUT2D eigenvalue weighted by Gasteiger charge is -2.10. The van der Waals surface area contributed by atoms with Crippen LogP contribution in [-0.2, 0) is 0 Å². The van der Waals surface area contributed by atoms with Gasteiger partial charge in [-0.3, -0.25) is 0 Å². The fourth-order valence-electron chi connectivity index (χ4n) is 1.74. The molecule has 0 spiro atoms. The highest BCUT2D eigenvalue weighted by molar-refractivity contribution is 6.32. The fourth-order valence-corrected chi connectivity index (χ4v) is 2.00. The molecule has 6 heteroatoms. The Morgan fingerprint density at radius 2 is 1.71 bits per heavy atom. The summed E-state index contributed by atoms with van der Waals surface area (Å²) in [6.45, 7) is 0. The van der Waals surface area contributed by atoms with E-state index in [9.17, 15) is 4.79 Å². The molecule has 0 saturated heterocycles. The molecule has 0 aliphatic heterocycles. The predicted molar refractivity (Wildman–Crippen MR) is 83.6 cm³/mol. The first kappa shape index (κ1) is 15.0. The van der Waals surface area contributed by atoms with Gasteiger partial charge in [-0.1, -0.05) is 17.7 Å². The van der Waals surface area contributed by atoms with Crippen LogP contribution in [0.3, 0.4) is 0 Å². The van der Waals surface area contributed by atoms with E-state index in [2.05, 4.69) is 10.6 Å². The second-order valence-corrected chi connectivity index (χ2v) is 4.57. The van der Waals surface area contributed by atoms with Gasteiger partial charge in [0.25, 0.3) is 0 Å². The van der Waals surface area contributed by atoms with Crippen LogP contribution in [0.2, 0.25) is 5.02 Å². The number of halogens is 1. The minimum atomic E-state index is -0.371. The molecule has 110 valence electrons. The third-order valence-electron chi connectivity index (χ3n) is 2.74. The maximum Gasteiger partial charge on any atom is 0.323 e. The quantitative estimate of drug-likeness (QED) is 0.897. The van der Waals surface area contributed by atoms with Crippen molar-refractivity contribution in [1.82, 2.24) is 0 Å². The SMILES string of the molecule is COc1cccc(NC(=O)Nc2ccc(OC)c(Cl)c2)c1. The summed E-state index contributed by atoms with van der Waals surface area (Å²) in [5.41, 5.74) is 1.20. The third-order valence-corrected chi connectivity index (χ3v) is 3.03. The van der Waals surface area contributed by atoms with Crippen molar-refractivity contribution < 1.29 is 14.3 Å². The Labute approximate surface area is 127 Å². The number of anilines is 2. The molecular formula is C15H15ClN2O3. The molecule has 2 aromatic rings. The van der Waals surface area contributed by atoms with Crippen LogP contribution in [0.1, 0.15) is 0 Å². The van der Waals surface area contributed by atoms with E-state index in [1.165, 1.54) is 7.11 Å². The molecule has 0 aliphatic rings. The summed E-state index contributed by atoms with van der Waals surface area (Å²) in [5.74, 6) is 1.22. The Balaban J connectivity index is 2.02. The van der Waals surface area contributed by atoms with Crippen LogP contribution in [0.5, 0.6) is 11.5 Å². The van der Waals surface area contributed by atoms with E-state index in [1.54, 1.807) is 49.6 Å². The average Bonchev–Trinajstić information content (AvgIpc) is 2.47. The standard InChI is InChI=1S/C15H15ClN2O3/c1-20-12-5-3-4-10(8-12)17-15(19)18-11-6-7-14(21-2)13(16)9-11/h3-9H,1-2H3,(H2,17,18,19). The van der Waals surface area contributed by atoms with Gasteiger partial charge in [0.05, 0.1) is 19.2 Å². The van der Waals surface area contributed by atoms with E-state index in [1.807, 2.05) is 0 Å². The van der Waals surface area contributed by atoms with Gasteiger partial charge in [-0.25, -0.2) is 4.79 Å². The Kier molecular flexibility index (Phi) is 4.90. The summed E-state index contributed by atoms with van der Waals surface area (Å²) in [4.78, 5) is 11.9. The number of methoxy groups -OCH3 is 2. The van der Waals surface area contributed by atoms with Crippen molar-refractivity contribution in [3.8, 4) is 11.5 Å². The van der Waals surface area contributed by atoms with Crippen molar-refractivity contribution in [3.63, 3.8) is 0 Å². The molecule has 2 rings (SSSR count). The van der Waals surface area contributed by atoms with E-state index >= 15 is 0 Å². The van der Waals surface area contributed by atoms with Gasteiger partial charge in [0.1, 0.15) is 11.5 Å². The number of nitrogens with one attached hydrogen (secondary N) is 2. The van der Waals surface area contributed by atoms with Gasteiger partial charge in [0.2, 0.25) is 0 Å². The topological polar surface area (TPSA) is 59.6 Å². The van der Waals surface area contributed by atoms with Crippen LogP contribution in [0.15, 0.2) is 42.5 Å². The number of ether oxygens (including phenoxy) is 2. The van der Waals surface area contributed by atoms with Crippen molar-refractivity contribution >= 4 is 29.0 Å². The highest BCUT2D eigenvalue weighted by Gasteiger charge is 2.06. The highest BCUT2D eigenvalue weighted by atomic mass is 35.5. The molecule has 2 aromatic carbocycles. The molecule has 21 heavy (non-hydrogen) atoms. The molecule has 2 amide bonds. The lowest BCUT2D eigenvalue weighted by molar-refractivity contribution is 0.262. The molecule has 0 bridgehead atoms. The number of rotatable bonds is 4. The number of hydrogen-bond acceptors (Lipinski definition) is 3. The first-order valence-electron chi connectivity index (χ1n) is 6.18. The van der Waals surface area contributed by atoms with Crippen molar-refractivity contribution in [1.29, 1.82) is 0 Å². The zero-order valence-electron chi connectivity index (χ0n) is 11.6. The lowest BCUT2D eigenvalue weighted by atomic mass is 10.3. The van der Waals surface area contributed by atoms with Gasteiger partial charge in [-0.15, -0.1) is 0 Å². The largest absolute Gasteiger partial charge is 0.497 e. The monoisotopic (exact) mass is 306 g/mol. The van der Waals surface area contributed by atoms with Gasteiger partial charge >= 0.3 is 6.03 Å². The summed E-state index contributed by atoms with van der Waals surface area (Å²) < 4.78 is 10.1. The maximum atomic E-state index is 11.9. The molecule has 0 unspecified atom stereocenters. The Morgan fingerprint density at radius 1 is 1.00 bits per heavy atom. The summed E-state index contributed by atoms with van der Waals surface area (Å²) in [6, 6.07) is 11.7. The van der Waals surface area contributed by atoms with Crippen molar-refractivity contribution in [2.24, 2.45) is 0 Å². The van der Waals surface area contributed by atoms with Crippen LogP contribution in [0, 0.1) is 0 Å². The highest BCUT2D eigenvalue weighted by Crippen LogP contribution is 2.27. The van der Waals surface area contributed by atoms with Gasteiger partial charge in [-0.05, 0) is 30.3 Å². The molecule has 2 N–H and O–H groups in total. The minimum Gasteiger partial charge on any atom is -0.497 e. The molecule has 5 nitrogen and oxygen atoms in total. The number of urea groups is 1.